The van der Waals surface area contributed by atoms with Gasteiger partial charge in [-0.25, -0.2) is 9.18 Å². The van der Waals surface area contributed by atoms with E-state index in [4.69, 9.17) is 0 Å². The number of amides is 2. The third-order valence-electron chi connectivity index (χ3n) is 4.57. The molecule has 3 rings (SSSR count). The number of halogens is 1. The number of nitrogens with one attached hydrogen (secondary N) is 2. The Hall–Kier alpha value is -2.40. The van der Waals surface area contributed by atoms with Crippen LogP contribution in [0.15, 0.2) is 48.5 Å². The molecule has 0 radical (unpaired) electrons. The zero-order valence-electron chi connectivity index (χ0n) is 14.5. The lowest BCUT2D eigenvalue weighted by Crippen LogP contribution is -2.34. The van der Waals surface area contributed by atoms with Crippen molar-refractivity contribution in [3.8, 4) is 0 Å². The fraction of sp³-hybridized carbons (Fsp3) is 0.350. The second-order valence-electron chi connectivity index (χ2n) is 6.69. The van der Waals surface area contributed by atoms with Crippen LogP contribution >= 0.6 is 0 Å². The minimum absolute atomic E-state index is 0.201. The average Bonchev–Trinajstić information content (AvgIpc) is 3.05. The van der Waals surface area contributed by atoms with Crippen LogP contribution in [0.5, 0.6) is 0 Å². The van der Waals surface area contributed by atoms with Crippen LogP contribution in [0.1, 0.15) is 17.5 Å². The Morgan fingerprint density at radius 3 is 2.72 bits per heavy atom. The summed E-state index contributed by atoms with van der Waals surface area (Å²) in [5.41, 5.74) is 2.79. The monoisotopic (exact) mass is 341 g/mol. The van der Waals surface area contributed by atoms with E-state index >= 15 is 0 Å². The van der Waals surface area contributed by atoms with Gasteiger partial charge >= 0.3 is 6.03 Å². The van der Waals surface area contributed by atoms with E-state index in [1.807, 2.05) is 0 Å². The molecule has 1 fully saturated rings. The highest BCUT2D eigenvalue weighted by atomic mass is 19.1. The second kappa shape index (κ2) is 8.12. The minimum Gasteiger partial charge on any atom is -0.338 e. The molecule has 0 aliphatic carbocycles. The van der Waals surface area contributed by atoms with E-state index in [0.717, 1.165) is 26.1 Å². The van der Waals surface area contributed by atoms with E-state index in [1.165, 1.54) is 17.2 Å². The molecule has 5 heteroatoms. The summed E-state index contributed by atoms with van der Waals surface area (Å²) >= 11 is 0. The summed E-state index contributed by atoms with van der Waals surface area (Å²) in [4.78, 5) is 14.3. The van der Waals surface area contributed by atoms with E-state index in [1.54, 1.807) is 18.2 Å². The maximum atomic E-state index is 13.5. The number of aryl methyl sites for hydroxylation is 1. The number of rotatable bonds is 5. The standard InChI is InChI=1S/C20H24FN3O/c1-15-6-8-16(9-7-15)13-24-11-10-17(14-24)12-22-20(25)23-19-5-3-2-4-18(19)21/h2-9,17H,10-14H2,1H3,(H2,22,23,25). The fourth-order valence-corrected chi connectivity index (χ4v) is 3.14. The van der Waals surface area contributed by atoms with Crippen LogP contribution < -0.4 is 10.6 Å². The Morgan fingerprint density at radius 2 is 1.96 bits per heavy atom. The first-order valence-corrected chi connectivity index (χ1v) is 8.67. The Labute approximate surface area is 148 Å². The van der Waals surface area contributed by atoms with Crippen molar-refractivity contribution >= 4 is 11.7 Å². The Morgan fingerprint density at radius 1 is 1.20 bits per heavy atom. The SMILES string of the molecule is Cc1ccc(CN2CCC(CNC(=O)Nc3ccccc3F)C2)cc1. The van der Waals surface area contributed by atoms with Crippen LogP contribution in [0.4, 0.5) is 14.9 Å². The first kappa shape index (κ1) is 17.4. The zero-order valence-corrected chi connectivity index (χ0v) is 14.5. The molecule has 4 nitrogen and oxygen atoms in total. The normalized spacial score (nSPS) is 17.4. The highest BCUT2D eigenvalue weighted by molar-refractivity contribution is 5.89. The van der Waals surface area contributed by atoms with Crippen molar-refractivity contribution in [2.75, 3.05) is 25.0 Å². The highest BCUT2D eigenvalue weighted by Crippen LogP contribution is 2.18. The van der Waals surface area contributed by atoms with E-state index in [0.29, 0.717) is 12.5 Å². The van der Waals surface area contributed by atoms with E-state index in [9.17, 15) is 9.18 Å². The van der Waals surface area contributed by atoms with Crippen LogP contribution in [0.3, 0.4) is 0 Å². The molecular formula is C20H24FN3O. The minimum atomic E-state index is -0.428. The maximum Gasteiger partial charge on any atom is 0.319 e. The van der Waals surface area contributed by atoms with Crippen molar-refractivity contribution in [3.63, 3.8) is 0 Å². The third kappa shape index (κ3) is 5.03. The number of carbonyl (C=O) groups is 1. The van der Waals surface area contributed by atoms with Crippen molar-refractivity contribution in [2.45, 2.75) is 19.9 Å². The topological polar surface area (TPSA) is 44.4 Å². The van der Waals surface area contributed by atoms with Crippen LogP contribution in [0.25, 0.3) is 0 Å². The molecule has 0 spiro atoms. The van der Waals surface area contributed by atoms with Gasteiger partial charge in [0.1, 0.15) is 5.82 Å². The number of para-hydroxylation sites is 1. The Balaban J connectivity index is 1.41. The molecule has 1 unspecified atom stereocenters. The van der Waals surface area contributed by atoms with Gasteiger partial charge in [0.15, 0.2) is 0 Å². The van der Waals surface area contributed by atoms with E-state index < -0.39 is 5.82 Å². The van der Waals surface area contributed by atoms with Crippen molar-refractivity contribution < 1.29 is 9.18 Å². The van der Waals surface area contributed by atoms with Gasteiger partial charge in [0.2, 0.25) is 0 Å². The van der Waals surface area contributed by atoms with Crippen molar-refractivity contribution in [2.24, 2.45) is 5.92 Å². The molecule has 0 saturated carbocycles. The molecule has 2 aromatic rings. The zero-order chi connectivity index (χ0) is 17.6. The molecule has 1 atom stereocenters. The first-order chi connectivity index (χ1) is 12.1. The molecule has 0 bridgehead atoms. The van der Waals surface area contributed by atoms with Crippen molar-refractivity contribution in [1.82, 2.24) is 10.2 Å². The smallest absolute Gasteiger partial charge is 0.319 e. The molecule has 0 aromatic heterocycles. The average molecular weight is 341 g/mol. The lowest BCUT2D eigenvalue weighted by molar-refractivity contribution is 0.249. The molecule has 132 valence electrons. The molecule has 1 heterocycles. The van der Waals surface area contributed by atoms with Gasteiger partial charge in [-0.1, -0.05) is 42.0 Å². The Kier molecular flexibility index (Phi) is 5.66. The van der Waals surface area contributed by atoms with Gasteiger partial charge in [0, 0.05) is 19.6 Å². The number of benzene rings is 2. The summed E-state index contributed by atoms with van der Waals surface area (Å²) < 4.78 is 13.5. The summed E-state index contributed by atoms with van der Waals surface area (Å²) in [6.45, 7) is 5.64. The van der Waals surface area contributed by atoms with Gasteiger partial charge in [0.25, 0.3) is 0 Å². The lowest BCUT2D eigenvalue weighted by atomic mass is 10.1. The van der Waals surface area contributed by atoms with Crippen molar-refractivity contribution in [3.05, 3.63) is 65.5 Å². The number of likely N-dealkylation sites (tertiary alicyclic amines) is 1. The number of nitrogens with zero attached hydrogens (tertiary/aromatic N) is 1. The fourth-order valence-electron chi connectivity index (χ4n) is 3.14. The molecule has 1 saturated heterocycles. The Bertz CT molecular complexity index is 717. The molecular weight excluding hydrogens is 317 g/mol. The number of carbonyl (C=O) groups excluding carboxylic acids is 1. The molecule has 25 heavy (non-hydrogen) atoms. The number of anilines is 1. The predicted molar refractivity (Wildman–Crippen MR) is 98.0 cm³/mol. The largest absolute Gasteiger partial charge is 0.338 e. The van der Waals surface area contributed by atoms with Gasteiger partial charge in [-0.2, -0.15) is 0 Å². The van der Waals surface area contributed by atoms with Gasteiger partial charge in [-0.05, 0) is 43.5 Å². The van der Waals surface area contributed by atoms with Crippen molar-refractivity contribution in [1.29, 1.82) is 0 Å². The van der Waals surface area contributed by atoms with Gasteiger partial charge in [0.05, 0.1) is 5.69 Å². The van der Waals surface area contributed by atoms with Gasteiger partial charge in [-0.3, -0.25) is 4.90 Å². The predicted octanol–water partition coefficient (Wildman–Crippen LogP) is 3.78. The van der Waals surface area contributed by atoms with E-state index in [2.05, 4.69) is 46.7 Å². The second-order valence-corrected chi connectivity index (χ2v) is 6.69. The molecule has 2 N–H and O–H groups in total. The number of hydrogen-bond acceptors (Lipinski definition) is 2. The summed E-state index contributed by atoms with van der Waals surface area (Å²) in [7, 11) is 0. The summed E-state index contributed by atoms with van der Waals surface area (Å²) in [5, 5.41) is 5.40. The molecule has 1 aliphatic heterocycles. The summed E-state index contributed by atoms with van der Waals surface area (Å²) in [6.07, 6.45) is 1.06. The quantitative estimate of drug-likeness (QED) is 0.869. The maximum absolute atomic E-state index is 13.5. The van der Waals surface area contributed by atoms with Gasteiger partial charge < -0.3 is 10.6 Å². The first-order valence-electron chi connectivity index (χ1n) is 8.67. The highest BCUT2D eigenvalue weighted by Gasteiger charge is 2.22. The van der Waals surface area contributed by atoms with Crippen LogP contribution in [-0.4, -0.2) is 30.6 Å². The summed E-state index contributed by atoms with van der Waals surface area (Å²) in [6, 6.07) is 14.4. The molecule has 1 aliphatic rings. The third-order valence-corrected chi connectivity index (χ3v) is 4.57. The van der Waals surface area contributed by atoms with Crippen LogP contribution in [0.2, 0.25) is 0 Å². The number of urea groups is 1. The van der Waals surface area contributed by atoms with Gasteiger partial charge in [-0.15, -0.1) is 0 Å². The van der Waals surface area contributed by atoms with E-state index in [-0.39, 0.29) is 11.7 Å². The molecule has 2 aromatic carbocycles. The lowest BCUT2D eigenvalue weighted by Gasteiger charge is -2.17. The summed E-state index contributed by atoms with van der Waals surface area (Å²) in [5.74, 6) is -0.000363. The number of hydrogen-bond donors (Lipinski definition) is 2. The van der Waals surface area contributed by atoms with Crippen LogP contribution in [0, 0.1) is 18.7 Å². The van der Waals surface area contributed by atoms with Crippen LogP contribution in [-0.2, 0) is 6.54 Å². The molecule has 2 amide bonds.